The van der Waals surface area contributed by atoms with Crippen molar-refractivity contribution in [1.82, 2.24) is 4.90 Å². The van der Waals surface area contributed by atoms with Crippen LogP contribution in [0.15, 0.2) is 35.7 Å². The van der Waals surface area contributed by atoms with E-state index in [9.17, 15) is 9.18 Å². The molecule has 0 bridgehead atoms. The van der Waals surface area contributed by atoms with E-state index < -0.39 is 5.82 Å². The van der Waals surface area contributed by atoms with Gasteiger partial charge in [-0.1, -0.05) is 17.7 Å². The summed E-state index contributed by atoms with van der Waals surface area (Å²) in [5, 5.41) is 2.14. The quantitative estimate of drug-likeness (QED) is 0.817. The monoisotopic (exact) mass is 353 g/mol. The smallest absolute Gasteiger partial charge is 0.255 e. The van der Waals surface area contributed by atoms with Gasteiger partial charge in [-0.15, -0.1) is 11.3 Å². The number of ether oxygens (including phenoxy) is 1. The SMILES string of the molecule is O=C(c1ccc(F)cc1Cl)N(Cc1cccs1)C1CCOCC1. The Kier molecular flexibility index (Phi) is 5.30. The van der Waals surface area contributed by atoms with Crippen LogP contribution in [0.1, 0.15) is 28.1 Å². The molecule has 1 saturated heterocycles. The number of benzene rings is 1. The number of amides is 1. The molecule has 0 spiro atoms. The number of carbonyl (C=O) groups excluding carboxylic acids is 1. The summed E-state index contributed by atoms with van der Waals surface area (Å²) in [5.41, 5.74) is 0.344. The van der Waals surface area contributed by atoms with Crippen molar-refractivity contribution in [3.63, 3.8) is 0 Å². The van der Waals surface area contributed by atoms with Crippen LogP contribution in [0.25, 0.3) is 0 Å². The van der Waals surface area contributed by atoms with Crippen molar-refractivity contribution in [3.05, 3.63) is 57.0 Å². The minimum absolute atomic E-state index is 0.111. The van der Waals surface area contributed by atoms with E-state index in [-0.39, 0.29) is 17.0 Å². The lowest BCUT2D eigenvalue weighted by Crippen LogP contribution is -2.43. The zero-order valence-corrected chi connectivity index (χ0v) is 14.1. The predicted molar refractivity (Wildman–Crippen MR) is 89.4 cm³/mol. The van der Waals surface area contributed by atoms with Gasteiger partial charge in [0, 0.05) is 24.1 Å². The van der Waals surface area contributed by atoms with E-state index in [0.717, 1.165) is 17.7 Å². The van der Waals surface area contributed by atoms with E-state index in [2.05, 4.69) is 0 Å². The normalized spacial score (nSPS) is 15.6. The third-order valence-electron chi connectivity index (χ3n) is 3.96. The number of hydrogen-bond acceptors (Lipinski definition) is 3. The number of carbonyl (C=O) groups is 1. The van der Waals surface area contributed by atoms with Gasteiger partial charge in [0.1, 0.15) is 5.82 Å². The first kappa shape index (κ1) is 16.4. The van der Waals surface area contributed by atoms with Crippen LogP contribution in [-0.2, 0) is 11.3 Å². The number of rotatable bonds is 4. The lowest BCUT2D eigenvalue weighted by molar-refractivity contribution is 0.0270. The molecule has 3 nitrogen and oxygen atoms in total. The van der Waals surface area contributed by atoms with E-state index in [4.69, 9.17) is 16.3 Å². The van der Waals surface area contributed by atoms with Crippen molar-refractivity contribution in [1.29, 1.82) is 0 Å². The van der Waals surface area contributed by atoms with Gasteiger partial charge in [-0.25, -0.2) is 4.39 Å². The highest BCUT2D eigenvalue weighted by Crippen LogP contribution is 2.25. The Morgan fingerprint density at radius 2 is 2.13 bits per heavy atom. The molecule has 1 aliphatic heterocycles. The van der Waals surface area contributed by atoms with Gasteiger partial charge in [-0.05, 0) is 42.5 Å². The highest BCUT2D eigenvalue weighted by molar-refractivity contribution is 7.09. The molecule has 1 aliphatic rings. The molecule has 1 aromatic heterocycles. The largest absolute Gasteiger partial charge is 0.381 e. The fourth-order valence-electron chi connectivity index (χ4n) is 2.75. The molecule has 1 amide bonds. The van der Waals surface area contributed by atoms with Crippen molar-refractivity contribution in [2.75, 3.05) is 13.2 Å². The summed E-state index contributed by atoms with van der Waals surface area (Å²) >= 11 is 7.70. The maximum absolute atomic E-state index is 13.2. The summed E-state index contributed by atoms with van der Waals surface area (Å²) in [6.07, 6.45) is 1.60. The molecule has 0 aliphatic carbocycles. The molecule has 0 atom stereocenters. The Balaban J connectivity index is 1.88. The third kappa shape index (κ3) is 3.91. The van der Waals surface area contributed by atoms with E-state index in [1.807, 2.05) is 22.4 Å². The fraction of sp³-hybridized carbons (Fsp3) is 0.353. The molecular formula is C17H17ClFNO2S. The Morgan fingerprint density at radius 1 is 1.35 bits per heavy atom. The molecule has 0 saturated carbocycles. The van der Waals surface area contributed by atoms with Crippen molar-refractivity contribution in [2.24, 2.45) is 0 Å². The van der Waals surface area contributed by atoms with Gasteiger partial charge >= 0.3 is 0 Å². The molecule has 0 N–H and O–H groups in total. The minimum atomic E-state index is -0.442. The van der Waals surface area contributed by atoms with Crippen LogP contribution in [-0.4, -0.2) is 30.1 Å². The maximum atomic E-state index is 13.2. The second-order valence-corrected chi connectivity index (χ2v) is 6.92. The van der Waals surface area contributed by atoms with Crippen LogP contribution < -0.4 is 0 Å². The molecule has 0 radical (unpaired) electrons. The van der Waals surface area contributed by atoms with Gasteiger partial charge in [0.05, 0.1) is 17.1 Å². The number of nitrogens with zero attached hydrogens (tertiary/aromatic N) is 1. The molecule has 0 unspecified atom stereocenters. The van der Waals surface area contributed by atoms with Crippen molar-refractivity contribution < 1.29 is 13.9 Å². The second kappa shape index (κ2) is 7.43. The summed E-state index contributed by atoms with van der Waals surface area (Å²) in [5.74, 6) is -0.599. The summed E-state index contributed by atoms with van der Waals surface area (Å²) in [6, 6.07) is 8.00. The molecule has 1 aromatic carbocycles. The molecule has 3 rings (SSSR count). The van der Waals surface area contributed by atoms with Crippen LogP contribution in [0.2, 0.25) is 5.02 Å². The van der Waals surface area contributed by atoms with Crippen LogP contribution in [0, 0.1) is 5.82 Å². The van der Waals surface area contributed by atoms with E-state index in [0.29, 0.717) is 25.3 Å². The van der Waals surface area contributed by atoms with Crippen LogP contribution in [0.4, 0.5) is 4.39 Å². The fourth-order valence-corrected chi connectivity index (χ4v) is 3.70. The zero-order valence-electron chi connectivity index (χ0n) is 12.5. The number of halogens is 2. The molecular weight excluding hydrogens is 337 g/mol. The van der Waals surface area contributed by atoms with E-state index >= 15 is 0 Å². The highest BCUT2D eigenvalue weighted by Gasteiger charge is 2.28. The molecule has 6 heteroatoms. The highest BCUT2D eigenvalue weighted by atomic mass is 35.5. The van der Waals surface area contributed by atoms with Crippen LogP contribution in [0.5, 0.6) is 0 Å². The van der Waals surface area contributed by atoms with Gasteiger partial charge in [0.2, 0.25) is 0 Å². The van der Waals surface area contributed by atoms with Gasteiger partial charge in [0.15, 0.2) is 0 Å². The lowest BCUT2D eigenvalue weighted by atomic mass is 10.0. The van der Waals surface area contributed by atoms with Crippen molar-refractivity contribution in [3.8, 4) is 0 Å². The van der Waals surface area contributed by atoms with Gasteiger partial charge in [0.25, 0.3) is 5.91 Å². The molecule has 23 heavy (non-hydrogen) atoms. The average Bonchev–Trinajstić information content (AvgIpc) is 3.06. The van der Waals surface area contributed by atoms with Gasteiger partial charge < -0.3 is 9.64 Å². The predicted octanol–water partition coefficient (Wildman–Crippen LogP) is 4.36. The van der Waals surface area contributed by atoms with Gasteiger partial charge in [-0.3, -0.25) is 4.79 Å². The van der Waals surface area contributed by atoms with Crippen LogP contribution in [0.3, 0.4) is 0 Å². The maximum Gasteiger partial charge on any atom is 0.255 e. The number of hydrogen-bond donors (Lipinski definition) is 0. The molecule has 2 heterocycles. The Labute approximate surface area is 143 Å². The van der Waals surface area contributed by atoms with E-state index in [1.165, 1.54) is 18.2 Å². The first-order valence-electron chi connectivity index (χ1n) is 7.51. The van der Waals surface area contributed by atoms with Gasteiger partial charge in [-0.2, -0.15) is 0 Å². The molecule has 2 aromatic rings. The van der Waals surface area contributed by atoms with Crippen molar-refractivity contribution in [2.45, 2.75) is 25.4 Å². The first-order valence-corrected chi connectivity index (χ1v) is 8.77. The molecule has 122 valence electrons. The topological polar surface area (TPSA) is 29.5 Å². The Hall–Kier alpha value is -1.43. The van der Waals surface area contributed by atoms with E-state index in [1.54, 1.807) is 11.3 Å². The standard InChI is InChI=1S/C17H17ClFNO2S/c18-16-10-12(19)3-4-15(16)17(21)20(11-14-2-1-9-23-14)13-5-7-22-8-6-13/h1-4,9-10,13H,5-8,11H2. The summed E-state index contributed by atoms with van der Waals surface area (Å²) in [4.78, 5) is 15.9. The van der Waals surface area contributed by atoms with Crippen molar-refractivity contribution >= 4 is 28.8 Å². The number of thiophene rings is 1. The summed E-state index contributed by atoms with van der Waals surface area (Å²) < 4.78 is 18.6. The first-order chi connectivity index (χ1) is 11.1. The second-order valence-electron chi connectivity index (χ2n) is 5.48. The minimum Gasteiger partial charge on any atom is -0.381 e. The Bertz CT molecular complexity index is 671. The average molecular weight is 354 g/mol. The Morgan fingerprint density at radius 3 is 2.78 bits per heavy atom. The lowest BCUT2D eigenvalue weighted by Gasteiger charge is -2.34. The summed E-state index contributed by atoms with van der Waals surface area (Å²) in [6.45, 7) is 1.83. The third-order valence-corrected chi connectivity index (χ3v) is 5.13. The molecule has 1 fully saturated rings. The summed E-state index contributed by atoms with van der Waals surface area (Å²) in [7, 11) is 0. The zero-order chi connectivity index (χ0) is 16.2. The van der Waals surface area contributed by atoms with Crippen LogP contribution >= 0.6 is 22.9 Å².